The molecule has 0 spiro atoms. The predicted octanol–water partition coefficient (Wildman–Crippen LogP) is 19.8. The van der Waals surface area contributed by atoms with Crippen LogP contribution in [0.1, 0.15) is 245 Å². The van der Waals surface area contributed by atoms with Gasteiger partial charge in [0.25, 0.3) is 0 Å². The second-order valence-corrected chi connectivity index (χ2v) is 18.8. The molecule has 0 rings (SSSR count). The Morgan fingerprint density at radius 2 is 0.583 bits per heavy atom. The first-order valence-corrected chi connectivity index (χ1v) is 29.2. The maximum absolute atomic E-state index is 12.9. The lowest BCUT2D eigenvalue weighted by atomic mass is 10.1. The second-order valence-electron chi connectivity index (χ2n) is 18.8. The highest BCUT2D eigenvalue weighted by molar-refractivity contribution is 5.71. The van der Waals surface area contributed by atoms with E-state index in [0.29, 0.717) is 19.3 Å². The molecule has 406 valence electrons. The molecule has 6 heteroatoms. The van der Waals surface area contributed by atoms with Gasteiger partial charge in [0.05, 0.1) is 0 Å². The van der Waals surface area contributed by atoms with E-state index >= 15 is 0 Å². The standard InChI is InChI=1S/C66H106O6/c1-4-7-10-13-16-19-22-25-27-29-31-32-33-34-35-37-38-41-44-47-50-53-56-59-65(68)71-62-63(61-70-64(67)58-55-52-49-46-43-40-24-21-18-15-12-9-6-3)72-66(69)60-57-54-51-48-45-42-39-36-30-28-26-23-20-17-14-11-8-5-2/h7,10,12,15-16,19-21,23-25,27-28,30-32,34-35,38,41,47,50,63H,4-6,8-9,11,13-14,17-18,22,26,29,33,36-37,39-40,42-46,48-49,51-62H2,1-3H3/b10-7-,15-12-,19-16-,23-20-,24-21-,27-25-,30-28-,32-31-,35-34-,41-38-,50-47-. The highest BCUT2D eigenvalue weighted by atomic mass is 16.6. The topological polar surface area (TPSA) is 78.9 Å². The van der Waals surface area contributed by atoms with Gasteiger partial charge in [-0.2, -0.15) is 0 Å². The minimum Gasteiger partial charge on any atom is -0.462 e. The number of allylic oxidation sites excluding steroid dienone is 22. The molecule has 72 heavy (non-hydrogen) atoms. The summed E-state index contributed by atoms with van der Waals surface area (Å²) in [6.07, 6.45) is 83.0. The van der Waals surface area contributed by atoms with E-state index in [0.717, 1.165) is 135 Å². The number of unbranched alkanes of at least 4 members (excludes halogenated alkanes) is 18. The van der Waals surface area contributed by atoms with Crippen molar-refractivity contribution < 1.29 is 28.6 Å². The summed E-state index contributed by atoms with van der Waals surface area (Å²) < 4.78 is 16.8. The molecule has 1 unspecified atom stereocenters. The van der Waals surface area contributed by atoms with Crippen molar-refractivity contribution in [3.8, 4) is 0 Å². The molecule has 0 radical (unpaired) electrons. The molecule has 0 aliphatic rings. The Labute approximate surface area is 443 Å². The third-order valence-corrected chi connectivity index (χ3v) is 11.8. The molecular weight excluding hydrogens is 889 g/mol. The van der Waals surface area contributed by atoms with Crippen molar-refractivity contribution in [2.24, 2.45) is 0 Å². The van der Waals surface area contributed by atoms with E-state index < -0.39 is 6.10 Å². The lowest BCUT2D eigenvalue weighted by molar-refractivity contribution is -0.167. The number of hydrogen-bond acceptors (Lipinski definition) is 6. The Balaban J connectivity index is 4.51. The fraction of sp³-hybridized carbons (Fsp3) is 0.621. The van der Waals surface area contributed by atoms with Crippen LogP contribution in [0.25, 0.3) is 0 Å². The van der Waals surface area contributed by atoms with E-state index in [9.17, 15) is 14.4 Å². The summed E-state index contributed by atoms with van der Waals surface area (Å²) in [5, 5.41) is 0. The van der Waals surface area contributed by atoms with E-state index in [1.165, 1.54) is 64.2 Å². The monoisotopic (exact) mass is 995 g/mol. The Kier molecular flexibility index (Phi) is 55.5. The van der Waals surface area contributed by atoms with Crippen molar-refractivity contribution in [2.75, 3.05) is 13.2 Å². The van der Waals surface area contributed by atoms with Crippen molar-refractivity contribution in [2.45, 2.75) is 252 Å². The summed E-state index contributed by atoms with van der Waals surface area (Å²) in [7, 11) is 0. The highest BCUT2D eigenvalue weighted by Crippen LogP contribution is 2.13. The molecule has 0 saturated heterocycles. The van der Waals surface area contributed by atoms with Crippen molar-refractivity contribution in [3.63, 3.8) is 0 Å². The molecule has 0 aliphatic heterocycles. The second kappa shape index (κ2) is 59.1. The first kappa shape index (κ1) is 67.5. The quantitative estimate of drug-likeness (QED) is 0.0261. The third kappa shape index (κ3) is 56.5. The van der Waals surface area contributed by atoms with Crippen LogP contribution in [-0.4, -0.2) is 37.2 Å². The summed E-state index contributed by atoms with van der Waals surface area (Å²) in [5.74, 6) is -0.998. The number of ether oxygens (including phenoxy) is 3. The molecule has 0 aromatic carbocycles. The molecular formula is C66H106O6. The van der Waals surface area contributed by atoms with Gasteiger partial charge in [-0.15, -0.1) is 0 Å². The summed E-state index contributed by atoms with van der Waals surface area (Å²) >= 11 is 0. The number of esters is 3. The maximum Gasteiger partial charge on any atom is 0.306 e. The number of rotatable bonds is 51. The lowest BCUT2D eigenvalue weighted by Gasteiger charge is -2.18. The van der Waals surface area contributed by atoms with Crippen LogP contribution >= 0.6 is 0 Å². The Hall–Kier alpha value is -4.45. The van der Waals surface area contributed by atoms with Gasteiger partial charge >= 0.3 is 17.9 Å². The van der Waals surface area contributed by atoms with Crippen LogP contribution in [0.2, 0.25) is 0 Å². The number of carbonyl (C=O) groups is 3. The minimum atomic E-state index is -0.817. The normalized spacial score (nSPS) is 13.1. The van der Waals surface area contributed by atoms with Crippen LogP contribution in [0.4, 0.5) is 0 Å². The largest absolute Gasteiger partial charge is 0.462 e. The Morgan fingerprint density at radius 3 is 0.958 bits per heavy atom. The molecule has 0 saturated carbocycles. The zero-order chi connectivity index (χ0) is 52.2. The SMILES string of the molecule is CC/C=C\C/C=C\C/C=C\C/C=C\C/C=C\C/C=C\C/C=C\CCCC(=O)OCC(COC(=O)CCCCCCC/C=C\C/C=C\CCC)OC(=O)CCCCCCCCC/C=C\C/C=C\CCCCCC. The zero-order valence-electron chi connectivity index (χ0n) is 46.4. The van der Waals surface area contributed by atoms with Gasteiger partial charge in [0.15, 0.2) is 6.10 Å². The van der Waals surface area contributed by atoms with Gasteiger partial charge in [0.1, 0.15) is 13.2 Å². The van der Waals surface area contributed by atoms with Crippen molar-refractivity contribution in [1.82, 2.24) is 0 Å². The molecule has 0 amide bonds. The van der Waals surface area contributed by atoms with Crippen LogP contribution in [0.5, 0.6) is 0 Å². The van der Waals surface area contributed by atoms with Gasteiger partial charge in [-0.25, -0.2) is 0 Å². The number of carbonyl (C=O) groups excluding carboxylic acids is 3. The van der Waals surface area contributed by atoms with Gasteiger partial charge in [0.2, 0.25) is 0 Å². The maximum atomic E-state index is 12.9. The lowest BCUT2D eigenvalue weighted by Crippen LogP contribution is -2.30. The van der Waals surface area contributed by atoms with Gasteiger partial charge in [0, 0.05) is 19.3 Å². The molecule has 0 aromatic rings. The van der Waals surface area contributed by atoms with E-state index in [1.54, 1.807) is 0 Å². The molecule has 1 atom stereocenters. The molecule has 0 N–H and O–H groups in total. The summed E-state index contributed by atoms with van der Waals surface area (Å²) in [6, 6.07) is 0. The van der Waals surface area contributed by atoms with Crippen molar-refractivity contribution in [1.29, 1.82) is 0 Å². The third-order valence-electron chi connectivity index (χ3n) is 11.8. The average Bonchev–Trinajstić information content (AvgIpc) is 3.38. The smallest absolute Gasteiger partial charge is 0.306 e. The van der Waals surface area contributed by atoms with Gasteiger partial charge in [-0.1, -0.05) is 231 Å². The van der Waals surface area contributed by atoms with Crippen LogP contribution < -0.4 is 0 Å². The molecule has 0 heterocycles. The van der Waals surface area contributed by atoms with Crippen molar-refractivity contribution >= 4 is 17.9 Å². The first-order chi connectivity index (χ1) is 35.5. The van der Waals surface area contributed by atoms with Crippen LogP contribution in [0.3, 0.4) is 0 Å². The fourth-order valence-electron chi connectivity index (χ4n) is 7.50. The highest BCUT2D eigenvalue weighted by Gasteiger charge is 2.19. The molecule has 0 fully saturated rings. The van der Waals surface area contributed by atoms with Gasteiger partial charge in [-0.3, -0.25) is 14.4 Å². The predicted molar refractivity (Wildman–Crippen MR) is 311 cm³/mol. The average molecular weight is 996 g/mol. The molecule has 0 bridgehead atoms. The van der Waals surface area contributed by atoms with E-state index in [-0.39, 0.29) is 37.5 Å². The van der Waals surface area contributed by atoms with Crippen molar-refractivity contribution in [3.05, 3.63) is 134 Å². The van der Waals surface area contributed by atoms with Crippen LogP contribution in [-0.2, 0) is 28.6 Å². The molecule has 0 aromatic heterocycles. The van der Waals surface area contributed by atoms with Crippen LogP contribution in [0.15, 0.2) is 134 Å². The van der Waals surface area contributed by atoms with E-state index in [2.05, 4.69) is 154 Å². The number of hydrogen-bond donors (Lipinski definition) is 0. The Bertz CT molecular complexity index is 1560. The fourth-order valence-corrected chi connectivity index (χ4v) is 7.50. The Morgan fingerprint density at radius 1 is 0.292 bits per heavy atom. The summed E-state index contributed by atoms with van der Waals surface area (Å²) in [4.78, 5) is 38.2. The minimum absolute atomic E-state index is 0.111. The van der Waals surface area contributed by atoms with E-state index in [4.69, 9.17) is 14.2 Å². The summed E-state index contributed by atoms with van der Waals surface area (Å²) in [5.41, 5.74) is 0. The first-order valence-electron chi connectivity index (χ1n) is 29.2. The van der Waals surface area contributed by atoms with Gasteiger partial charge < -0.3 is 14.2 Å². The summed E-state index contributed by atoms with van der Waals surface area (Å²) in [6.45, 7) is 6.37. The van der Waals surface area contributed by atoms with Crippen LogP contribution in [0, 0.1) is 0 Å². The van der Waals surface area contributed by atoms with E-state index in [1.807, 2.05) is 0 Å². The molecule has 0 aliphatic carbocycles. The molecule has 6 nitrogen and oxygen atoms in total. The van der Waals surface area contributed by atoms with Gasteiger partial charge in [-0.05, 0) is 128 Å². The zero-order valence-corrected chi connectivity index (χ0v) is 46.4.